The molecule has 1 N–H and O–H groups in total. The summed E-state index contributed by atoms with van der Waals surface area (Å²) in [6.45, 7) is 0. The molecule has 0 radical (unpaired) electrons. The van der Waals surface area contributed by atoms with Gasteiger partial charge in [0, 0.05) is 35.3 Å². The lowest BCUT2D eigenvalue weighted by atomic mass is 9.95. The van der Waals surface area contributed by atoms with E-state index in [1.54, 1.807) is 12.1 Å². The highest BCUT2D eigenvalue weighted by molar-refractivity contribution is 5.44. The third-order valence-electron chi connectivity index (χ3n) is 3.62. The highest BCUT2D eigenvalue weighted by Gasteiger charge is 2.21. The Morgan fingerprint density at radius 2 is 2.00 bits per heavy atom. The van der Waals surface area contributed by atoms with Crippen molar-refractivity contribution in [2.45, 2.75) is 25.4 Å². The summed E-state index contributed by atoms with van der Waals surface area (Å²) in [5, 5.41) is 20.6. The maximum absolute atomic E-state index is 10.6. The van der Waals surface area contributed by atoms with Gasteiger partial charge in [-0.3, -0.25) is 10.1 Å². The molecule has 1 heterocycles. The van der Waals surface area contributed by atoms with Crippen molar-refractivity contribution in [1.82, 2.24) is 4.57 Å². The first kappa shape index (κ1) is 11.9. The molecule has 1 aromatic carbocycles. The molecule has 0 fully saturated rings. The van der Waals surface area contributed by atoms with Gasteiger partial charge in [0.05, 0.1) is 11.0 Å². The van der Waals surface area contributed by atoms with Gasteiger partial charge in [-0.2, -0.15) is 0 Å². The number of hydrogen-bond donors (Lipinski definition) is 1. The van der Waals surface area contributed by atoms with Gasteiger partial charge in [0.15, 0.2) is 0 Å². The van der Waals surface area contributed by atoms with Crippen LogP contribution in [-0.2, 0) is 6.42 Å². The van der Waals surface area contributed by atoms with Crippen LogP contribution in [-0.4, -0.2) is 14.6 Å². The van der Waals surface area contributed by atoms with Crippen LogP contribution in [0.4, 0.5) is 5.69 Å². The summed E-state index contributed by atoms with van der Waals surface area (Å²) in [5.74, 6) is 0. The van der Waals surface area contributed by atoms with Gasteiger partial charge in [0.25, 0.3) is 5.69 Å². The molecule has 1 aliphatic rings. The van der Waals surface area contributed by atoms with Crippen LogP contribution in [0.2, 0.25) is 0 Å². The smallest absolute Gasteiger partial charge is 0.269 e. The standard InChI is InChI=1S/C14H14N2O3/c17-14-3-1-2-13-12(14)8-9-15(13)10-4-6-11(7-5-10)16(18)19/h4-9,14,17H,1-3H2. The second-order valence-corrected chi connectivity index (χ2v) is 4.77. The maximum atomic E-state index is 10.6. The number of fused-ring (bicyclic) bond motifs is 1. The molecule has 0 saturated carbocycles. The predicted octanol–water partition coefficient (Wildman–Crippen LogP) is 2.76. The van der Waals surface area contributed by atoms with Gasteiger partial charge in [-0.15, -0.1) is 0 Å². The van der Waals surface area contributed by atoms with Gasteiger partial charge >= 0.3 is 0 Å². The number of aliphatic hydroxyl groups excluding tert-OH is 1. The minimum absolute atomic E-state index is 0.0878. The molecule has 1 unspecified atom stereocenters. The molecule has 0 bridgehead atoms. The molecule has 1 atom stereocenters. The lowest BCUT2D eigenvalue weighted by Crippen LogP contribution is -2.10. The van der Waals surface area contributed by atoms with E-state index in [1.165, 1.54) is 12.1 Å². The first-order valence-corrected chi connectivity index (χ1v) is 6.30. The van der Waals surface area contributed by atoms with Crippen LogP contribution >= 0.6 is 0 Å². The SMILES string of the molecule is O=[N+]([O-])c1ccc(-n2ccc3c2CCCC3O)cc1. The second-order valence-electron chi connectivity index (χ2n) is 4.77. The average Bonchev–Trinajstić information content (AvgIpc) is 2.84. The van der Waals surface area contributed by atoms with Gasteiger partial charge in [-0.1, -0.05) is 0 Å². The Labute approximate surface area is 110 Å². The number of rotatable bonds is 2. The third kappa shape index (κ3) is 2.02. The number of benzene rings is 1. The van der Waals surface area contributed by atoms with Crippen molar-refractivity contribution in [2.24, 2.45) is 0 Å². The number of nitro groups is 1. The van der Waals surface area contributed by atoms with Gasteiger partial charge in [-0.25, -0.2) is 0 Å². The summed E-state index contributed by atoms with van der Waals surface area (Å²) < 4.78 is 2.00. The number of aliphatic hydroxyl groups is 1. The normalized spacial score (nSPS) is 18.1. The lowest BCUT2D eigenvalue weighted by molar-refractivity contribution is -0.384. The maximum Gasteiger partial charge on any atom is 0.269 e. The van der Waals surface area contributed by atoms with Crippen LogP contribution < -0.4 is 0 Å². The molecule has 1 aromatic heterocycles. The Balaban J connectivity index is 2.01. The van der Waals surface area contributed by atoms with E-state index in [1.807, 2.05) is 16.8 Å². The summed E-state index contributed by atoms with van der Waals surface area (Å²) in [7, 11) is 0. The Bertz CT molecular complexity index is 616. The summed E-state index contributed by atoms with van der Waals surface area (Å²) in [6.07, 6.45) is 4.22. The minimum Gasteiger partial charge on any atom is -0.388 e. The first-order chi connectivity index (χ1) is 9.16. The molecular formula is C14H14N2O3. The van der Waals surface area contributed by atoms with Gasteiger partial charge in [0.2, 0.25) is 0 Å². The third-order valence-corrected chi connectivity index (χ3v) is 3.62. The fourth-order valence-corrected chi connectivity index (χ4v) is 2.64. The van der Waals surface area contributed by atoms with Crippen LogP contribution in [0.25, 0.3) is 5.69 Å². The molecular weight excluding hydrogens is 244 g/mol. The molecule has 3 rings (SSSR count). The zero-order valence-electron chi connectivity index (χ0n) is 10.3. The predicted molar refractivity (Wildman–Crippen MR) is 70.3 cm³/mol. The second kappa shape index (κ2) is 4.51. The molecule has 0 spiro atoms. The Morgan fingerprint density at radius 1 is 1.26 bits per heavy atom. The van der Waals surface area contributed by atoms with E-state index in [2.05, 4.69) is 0 Å². The van der Waals surface area contributed by atoms with E-state index in [0.717, 1.165) is 36.2 Å². The van der Waals surface area contributed by atoms with Crippen molar-refractivity contribution in [3.8, 4) is 5.69 Å². The summed E-state index contributed by atoms with van der Waals surface area (Å²) in [5.41, 5.74) is 3.06. The minimum atomic E-state index is -0.404. The highest BCUT2D eigenvalue weighted by Crippen LogP contribution is 2.32. The Hall–Kier alpha value is -2.14. The van der Waals surface area contributed by atoms with E-state index in [0.29, 0.717) is 0 Å². The van der Waals surface area contributed by atoms with Crippen LogP contribution in [0, 0.1) is 10.1 Å². The van der Waals surface area contributed by atoms with Crippen molar-refractivity contribution in [3.05, 3.63) is 57.9 Å². The molecule has 1 aliphatic carbocycles. The van der Waals surface area contributed by atoms with Crippen molar-refractivity contribution >= 4 is 5.69 Å². The number of nitrogens with zero attached hydrogens (tertiary/aromatic N) is 2. The zero-order valence-corrected chi connectivity index (χ0v) is 10.3. The van der Waals surface area contributed by atoms with Crippen molar-refractivity contribution in [1.29, 1.82) is 0 Å². The molecule has 98 valence electrons. The summed E-state index contributed by atoms with van der Waals surface area (Å²) in [4.78, 5) is 10.2. The fourth-order valence-electron chi connectivity index (χ4n) is 2.64. The first-order valence-electron chi connectivity index (χ1n) is 6.30. The molecule has 5 heteroatoms. The van der Waals surface area contributed by atoms with E-state index >= 15 is 0 Å². The number of aromatic nitrogens is 1. The van der Waals surface area contributed by atoms with E-state index in [9.17, 15) is 15.2 Å². The van der Waals surface area contributed by atoms with Gasteiger partial charge < -0.3 is 9.67 Å². The number of non-ortho nitro benzene ring substituents is 1. The van der Waals surface area contributed by atoms with Crippen molar-refractivity contribution in [2.75, 3.05) is 0 Å². The van der Waals surface area contributed by atoms with E-state index in [-0.39, 0.29) is 11.8 Å². The molecule has 0 amide bonds. The van der Waals surface area contributed by atoms with Gasteiger partial charge in [-0.05, 0) is 37.5 Å². The lowest BCUT2D eigenvalue weighted by Gasteiger charge is -2.20. The fraction of sp³-hybridized carbons (Fsp3) is 0.286. The molecule has 0 aliphatic heterocycles. The van der Waals surface area contributed by atoms with Crippen molar-refractivity contribution < 1.29 is 10.0 Å². The quantitative estimate of drug-likeness (QED) is 0.665. The topological polar surface area (TPSA) is 68.3 Å². The van der Waals surface area contributed by atoms with E-state index in [4.69, 9.17) is 0 Å². The molecule has 0 saturated heterocycles. The van der Waals surface area contributed by atoms with Crippen LogP contribution in [0.3, 0.4) is 0 Å². The van der Waals surface area contributed by atoms with Gasteiger partial charge in [0.1, 0.15) is 0 Å². The summed E-state index contributed by atoms with van der Waals surface area (Å²) >= 11 is 0. The monoisotopic (exact) mass is 258 g/mol. The zero-order chi connectivity index (χ0) is 13.4. The van der Waals surface area contributed by atoms with Crippen LogP contribution in [0.1, 0.15) is 30.2 Å². The van der Waals surface area contributed by atoms with Crippen molar-refractivity contribution in [3.63, 3.8) is 0 Å². The molecule has 5 nitrogen and oxygen atoms in total. The number of hydrogen-bond acceptors (Lipinski definition) is 3. The Morgan fingerprint density at radius 3 is 2.68 bits per heavy atom. The van der Waals surface area contributed by atoms with E-state index < -0.39 is 4.92 Å². The molecule has 19 heavy (non-hydrogen) atoms. The largest absolute Gasteiger partial charge is 0.388 e. The Kier molecular flexibility index (Phi) is 2.83. The highest BCUT2D eigenvalue weighted by atomic mass is 16.6. The van der Waals surface area contributed by atoms with Crippen LogP contribution in [0.5, 0.6) is 0 Å². The summed E-state index contributed by atoms with van der Waals surface area (Å²) in [6, 6.07) is 8.40. The van der Waals surface area contributed by atoms with Crippen LogP contribution in [0.15, 0.2) is 36.5 Å². The average molecular weight is 258 g/mol. The number of nitro benzene ring substituents is 1. The molecule has 2 aromatic rings.